The van der Waals surface area contributed by atoms with E-state index in [4.69, 9.17) is 0 Å². The zero-order chi connectivity index (χ0) is 20.5. The second kappa shape index (κ2) is 7.99. The van der Waals surface area contributed by atoms with Crippen molar-refractivity contribution in [3.05, 3.63) is 63.8 Å². The van der Waals surface area contributed by atoms with Gasteiger partial charge in [-0.1, -0.05) is 6.07 Å². The summed E-state index contributed by atoms with van der Waals surface area (Å²) >= 11 is 0. The molecule has 2 aliphatic rings. The third kappa shape index (κ3) is 4.19. The first kappa shape index (κ1) is 19.6. The maximum atomic E-state index is 13.0. The molecule has 0 radical (unpaired) electrons. The Balaban J connectivity index is 1.45. The van der Waals surface area contributed by atoms with Gasteiger partial charge < -0.3 is 19.7 Å². The molecular weight excluding hydrogens is 371 g/mol. The summed E-state index contributed by atoms with van der Waals surface area (Å²) in [5, 5.41) is 3.07. The second-order valence-electron chi connectivity index (χ2n) is 8.39. The van der Waals surface area contributed by atoms with Gasteiger partial charge in [-0.15, -0.1) is 0 Å². The zero-order valence-corrected chi connectivity index (χ0v) is 16.9. The van der Waals surface area contributed by atoms with Crippen LogP contribution in [0.15, 0.2) is 41.2 Å². The van der Waals surface area contributed by atoms with Crippen molar-refractivity contribution in [3.63, 3.8) is 0 Å². The van der Waals surface area contributed by atoms with Gasteiger partial charge in [-0.3, -0.25) is 9.59 Å². The van der Waals surface area contributed by atoms with Gasteiger partial charge in [-0.05, 0) is 56.8 Å². The first-order valence-corrected chi connectivity index (χ1v) is 10.1. The van der Waals surface area contributed by atoms with Crippen LogP contribution in [0.1, 0.15) is 23.6 Å². The number of hydrogen-bond donors (Lipinski definition) is 1. The average molecular weight is 398 g/mol. The van der Waals surface area contributed by atoms with Crippen molar-refractivity contribution in [1.29, 1.82) is 0 Å². The minimum absolute atomic E-state index is 0.0315. The van der Waals surface area contributed by atoms with Crippen molar-refractivity contribution in [2.75, 3.05) is 39.0 Å². The SMILES string of the molecule is CN(C)Cc1ccc2n(c1=O)C[C@H]1C[C@@H]2CN(C(=O)CNc2ccc(F)cc2)C1. The Kier molecular flexibility index (Phi) is 5.41. The van der Waals surface area contributed by atoms with Crippen molar-refractivity contribution in [1.82, 2.24) is 14.4 Å². The van der Waals surface area contributed by atoms with Gasteiger partial charge in [-0.2, -0.15) is 0 Å². The smallest absolute Gasteiger partial charge is 0.255 e. The number of fused-ring (bicyclic) bond motifs is 4. The van der Waals surface area contributed by atoms with Crippen molar-refractivity contribution >= 4 is 11.6 Å². The summed E-state index contributed by atoms with van der Waals surface area (Å²) in [6.45, 7) is 2.78. The number of piperidine rings is 1. The third-order valence-electron chi connectivity index (χ3n) is 5.81. The Morgan fingerprint density at radius 1 is 1.14 bits per heavy atom. The van der Waals surface area contributed by atoms with E-state index < -0.39 is 0 Å². The van der Waals surface area contributed by atoms with Crippen LogP contribution in [0.5, 0.6) is 0 Å². The highest BCUT2D eigenvalue weighted by molar-refractivity contribution is 5.81. The van der Waals surface area contributed by atoms with Gasteiger partial charge in [0.15, 0.2) is 0 Å². The molecule has 154 valence electrons. The summed E-state index contributed by atoms with van der Waals surface area (Å²) in [5.41, 5.74) is 2.68. The number of aromatic nitrogens is 1. The van der Waals surface area contributed by atoms with Crippen molar-refractivity contribution in [2.24, 2.45) is 5.92 Å². The molecular formula is C22H27FN4O2. The number of carbonyl (C=O) groups excluding carboxylic acids is 1. The van der Waals surface area contributed by atoms with Gasteiger partial charge in [-0.25, -0.2) is 4.39 Å². The zero-order valence-electron chi connectivity index (χ0n) is 16.9. The molecule has 2 atom stereocenters. The molecule has 6 nitrogen and oxygen atoms in total. The van der Waals surface area contributed by atoms with Crippen LogP contribution in [0.3, 0.4) is 0 Å². The fraction of sp³-hybridized carbons (Fsp3) is 0.455. The lowest BCUT2D eigenvalue weighted by atomic mass is 9.83. The lowest BCUT2D eigenvalue weighted by molar-refractivity contribution is -0.132. The molecule has 0 saturated carbocycles. The van der Waals surface area contributed by atoms with Gasteiger partial charge >= 0.3 is 0 Å². The molecule has 1 aromatic carbocycles. The van der Waals surface area contributed by atoms with Crippen LogP contribution in [-0.2, 0) is 17.9 Å². The molecule has 2 aromatic rings. The number of nitrogens with one attached hydrogen (secondary N) is 1. The van der Waals surface area contributed by atoms with Crippen LogP contribution in [0.2, 0.25) is 0 Å². The quantitative estimate of drug-likeness (QED) is 0.838. The molecule has 0 unspecified atom stereocenters. The Labute approximate surface area is 169 Å². The topological polar surface area (TPSA) is 57.6 Å². The fourth-order valence-electron chi connectivity index (χ4n) is 4.51. The summed E-state index contributed by atoms with van der Waals surface area (Å²) in [7, 11) is 3.92. The molecule has 29 heavy (non-hydrogen) atoms. The van der Waals surface area contributed by atoms with Crippen LogP contribution in [0, 0.1) is 11.7 Å². The van der Waals surface area contributed by atoms with Crippen LogP contribution in [0.25, 0.3) is 0 Å². The van der Waals surface area contributed by atoms with Crippen molar-refractivity contribution in [2.45, 2.75) is 25.4 Å². The van der Waals surface area contributed by atoms with E-state index in [0.29, 0.717) is 32.1 Å². The molecule has 0 aliphatic carbocycles. The minimum atomic E-state index is -0.298. The number of anilines is 1. The lowest BCUT2D eigenvalue weighted by Gasteiger charge is -2.43. The van der Waals surface area contributed by atoms with Gasteiger partial charge in [0.25, 0.3) is 5.56 Å². The van der Waals surface area contributed by atoms with E-state index in [1.165, 1.54) is 12.1 Å². The van der Waals surface area contributed by atoms with Gasteiger partial charge in [0.2, 0.25) is 5.91 Å². The molecule has 1 aromatic heterocycles. The highest BCUT2D eigenvalue weighted by atomic mass is 19.1. The Morgan fingerprint density at radius 2 is 1.90 bits per heavy atom. The molecule has 1 saturated heterocycles. The normalized spacial score (nSPS) is 20.5. The van der Waals surface area contributed by atoms with Gasteiger partial charge in [0.1, 0.15) is 5.82 Å². The number of pyridine rings is 1. The number of likely N-dealkylation sites (tertiary alicyclic amines) is 1. The standard InChI is InChI=1S/C22H27FN4O2/c1-25(2)13-16-3-8-20-17-9-15(12-27(20)22(16)29)11-26(14-17)21(28)10-24-19-6-4-18(23)5-7-19/h3-8,15,17,24H,9-14H2,1-2H3/t15-,17+/m0/s1. The predicted molar refractivity (Wildman–Crippen MR) is 110 cm³/mol. The summed E-state index contributed by atoms with van der Waals surface area (Å²) in [6.07, 6.45) is 1.02. The molecule has 2 aliphatic heterocycles. The van der Waals surface area contributed by atoms with E-state index >= 15 is 0 Å². The summed E-state index contributed by atoms with van der Waals surface area (Å²) in [4.78, 5) is 29.5. The summed E-state index contributed by atoms with van der Waals surface area (Å²) < 4.78 is 14.9. The van der Waals surface area contributed by atoms with E-state index in [1.807, 2.05) is 34.5 Å². The van der Waals surface area contributed by atoms with Crippen LogP contribution < -0.4 is 10.9 Å². The number of nitrogens with zero attached hydrogens (tertiary/aromatic N) is 3. The van der Waals surface area contributed by atoms with Gasteiger partial charge in [0.05, 0.1) is 6.54 Å². The van der Waals surface area contributed by atoms with Crippen molar-refractivity contribution in [3.8, 4) is 0 Å². The van der Waals surface area contributed by atoms with E-state index in [0.717, 1.165) is 23.4 Å². The van der Waals surface area contributed by atoms with Gasteiger partial charge in [0, 0.05) is 49.0 Å². The summed E-state index contributed by atoms with van der Waals surface area (Å²) in [6, 6.07) is 9.99. The molecule has 1 N–H and O–H groups in total. The Hall–Kier alpha value is -2.67. The number of hydrogen-bond acceptors (Lipinski definition) is 4. The molecule has 2 bridgehead atoms. The average Bonchev–Trinajstić information content (AvgIpc) is 2.69. The third-order valence-corrected chi connectivity index (χ3v) is 5.81. The molecule has 0 spiro atoms. The molecule has 1 fully saturated rings. The molecule has 3 heterocycles. The highest BCUT2D eigenvalue weighted by Crippen LogP contribution is 2.35. The maximum absolute atomic E-state index is 13.0. The Morgan fingerprint density at radius 3 is 2.62 bits per heavy atom. The number of amides is 1. The highest BCUT2D eigenvalue weighted by Gasteiger charge is 2.36. The van der Waals surface area contributed by atoms with Crippen LogP contribution in [0.4, 0.5) is 10.1 Å². The summed E-state index contributed by atoms with van der Waals surface area (Å²) in [5.74, 6) is 0.221. The first-order chi connectivity index (χ1) is 13.9. The predicted octanol–water partition coefficient (Wildman–Crippen LogP) is 2.11. The molecule has 7 heteroatoms. The fourth-order valence-corrected chi connectivity index (χ4v) is 4.51. The van der Waals surface area contributed by atoms with E-state index in [2.05, 4.69) is 11.4 Å². The maximum Gasteiger partial charge on any atom is 0.255 e. The number of halogens is 1. The van der Waals surface area contributed by atoms with E-state index in [-0.39, 0.29) is 29.7 Å². The lowest BCUT2D eigenvalue weighted by Crippen LogP contribution is -2.50. The molecule has 4 rings (SSSR count). The van der Waals surface area contributed by atoms with E-state index in [1.54, 1.807) is 12.1 Å². The molecule has 1 amide bonds. The second-order valence-corrected chi connectivity index (χ2v) is 8.39. The first-order valence-electron chi connectivity index (χ1n) is 10.1. The monoisotopic (exact) mass is 398 g/mol. The minimum Gasteiger partial charge on any atom is -0.376 e. The van der Waals surface area contributed by atoms with Crippen LogP contribution in [-0.4, -0.2) is 54.0 Å². The Bertz CT molecular complexity index is 954. The number of carbonyl (C=O) groups is 1. The number of rotatable bonds is 5. The van der Waals surface area contributed by atoms with Crippen molar-refractivity contribution < 1.29 is 9.18 Å². The number of benzene rings is 1. The van der Waals surface area contributed by atoms with Crippen LogP contribution >= 0.6 is 0 Å². The largest absolute Gasteiger partial charge is 0.376 e. The van der Waals surface area contributed by atoms with E-state index in [9.17, 15) is 14.0 Å².